The molecule has 1 aromatic rings. The number of rotatable bonds is 6. The smallest absolute Gasteiger partial charge is 0.255 e. The maximum absolute atomic E-state index is 13.4. The van der Waals surface area contributed by atoms with Gasteiger partial charge in [-0.3, -0.25) is 9.59 Å². The van der Waals surface area contributed by atoms with Gasteiger partial charge in [0.1, 0.15) is 5.82 Å². The van der Waals surface area contributed by atoms with Crippen molar-refractivity contribution in [3.63, 3.8) is 0 Å². The summed E-state index contributed by atoms with van der Waals surface area (Å²) >= 11 is 12.1. The van der Waals surface area contributed by atoms with Crippen molar-refractivity contribution in [1.82, 2.24) is 0 Å². The minimum absolute atomic E-state index is 0.0628. The first-order valence-corrected chi connectivity index (χ1v) is 7.78. The summed E-state index contributed by atoms with van der Waals surface area (Å²) < 4.78 is 13.4. The van der Waals surface area contributed by atoms with E-state index in [-0.39, 0.29) is 15.7 Å². The molecule has 20 heavy (non-hydrogen) atoms. The van der Waals surface area contributed by atoms with Gasteiger partial charge in [0.2, 0.25) is 0 Å². The fraction of sp³-hybridized carbons (Fsp3) is 0.429. The molecule has 1 aromatic carbocycles. The molecule has 0 spiro atoms. The molecule has 0 aliphatic carbocycles. The van der Waals surface area contributed by atoms with Gasteiger partial charge in [0, 0.05) is 11.3 Å². The average Bonchev–Trinajstić information content (AvgIpc) is 2.31. The quantitative estimate of drug-likeness (QED) is 0.521. The molecule has 0 aliphatic rings. The van der Waals surface area contributed by atoms with Crippen LogP contribution in [0.4, 0.5) is 4.39 Å². The van der Waals surface area contributed by atoms with E-state index in [4.69, 9.17) is 23.2 Å². The van der Waals surface area contributed by atoms with Gasteiger partial charge >= 0.3 is 0 Å². The summed E-state index contributed by atoms with van der Waals surface area (Å²) in [7, 11) is 0. The monoisotopic (exact) mass is 336 g/mol. The van der Waals surface area contributed by atoms with Gasteiger partial charge in [-0.05, 0) is 36.1 Å². The molecule has 6 heteroatoms. The fourth-order valence-corrected chi connectivity index (χ4v) is 2.82. The van der Waals surface area contributed by atoms with Crippen LogP contribution in [0.5, 0.6) is 0 Å². The van der Waals surface area contributed by atoms with Crippen molar-refractivity contribution in [3.8, 4) is 0 Å². The number of carbonyl (C=O) groups excluding carboxylic acids is 2. The lowest BCUT2D eigenvalue weighted by Gasteiger charge is -2.07. The number of benzene rings is 1. The Morgan fingerprint density at radius 1 is 1.35 bits per heavy atom. The standard InChI is InChI=1S/C14H15Cl2FO2S/c1-8(2)4-3-5-13(18)20-12-6-9(14(16)19)11(17)7-10(12)15/h6-8H,3-5H2,1-2H3. The van der Waals surface area contributed by atoms with E-state index in [2.05, 4.69) is 13.8 Å². The molecule has 0 heterocycles. The molecule has 0 aliphatic heterocycles. The topological polar surface area (TPSA) is 34.1 Å². The van der Waals surface area contributed by atoms with Crippen LogP contribution in [0.25, 0.3) is 0 Å². The molecule has 0 saturated heterocycles. The summed E-state index contributed by atoms with van der Waals surface area (Å²) in [6.45, 7) is 4.18. The number of thioether (sulfide) groups is 1. The zero-order chi connectivity index (χ0) is 15.3. The van der Waals surface area contributed by atoms with Crippen LogP contribution in [0.2, 0.25) is 5.02 Å². The Morgan fingerprint density at radius 2 is 2.00 bits per heavy atom. The van der Waals surface area contributed by atoms with Crippen molar-refractivity contribution in [2.75, 3.05) is 0 Å². The zero-order valence-corrected chi connectivity index (χ0v) is 13.5. The van der Waals surface area contributed by atoms with E-state index in [1.807, 2.05) is 0 Å². The summed E-state index contributed by atoms with van der Waals surface area (Å²) in [6.07, 6.45) is 2.18. The largest absolute Gasteiger partial charge is 0.287 e. The third-order valence-corrected chi connectivity index (χ3v) is 4.24. The highest BCUT2D eigenvalue weighted by Crippen LogP contribution is 2.32. The predicted molar refractivity (Wildman–Crippen MR) is 81.1 cm³/mol. The van der Waals surface area contributed by atoms with Gasteiger partial charge in [0.25, 0.3) is 5.24 Å². The normalized spacial score (nSPS) is 10.9. The number of carbonyl (C=O) groups is 2. The van der Waals surface area contributed by atoms with E-state index in [1.165, 1.54) is 6.07 Å². The Hall–Kier alpha value is -0.580. The van der Waals surface area contributed by atoms with Crippen LogP contribution in [0, 0.1) is 11.7 Å². The van der Waals surface area contributed by atoms with Crippen LogP contribution in [0.15, 0.2) is 17.0 Å². The average molecular weight is 337 g/mol. The van der Waals surface area contributed by atoms with Crippen molar-refractivity contribution in [3.05, 3.63) is 28.5 Å². The predicted octanol–water partition coefficient (Wildman–Crippen LogP) is 5.30. The molecule has 0 fully saturated rings. The number of hydrogen-bond acceptors (Lipinski definition) is 3. The molecule has 0 aromatic heterocycles. The molecule has 1 rings (SSSR count). The van der Waals surface area contributed by atoms with Crippen LogP contribution in [-0.4, -0.2) is 10.4 Å². The van der Waals surface area contributed by atoms with Gasteiger partial charge in [-0.25, -0.2) is 4.39 Å². The summed E-state index contributed by atoms with van der Waals surface area (Å²) in [5.41, 5.74) is -0.270. The van der Waals surface area contributed by atoms with E-state index in [0.29, 0.717) is 17.2 Å². The Morgan fingerprint density at radius 3 is 2.55 bits per heavy atom. The third kappa shape index (κ3) is 5.43. The van der Waals surface area contributed by atoms with Gasteiger partial charge in [0.15, 0.2) is 5.12 Å². The first-order valence-electron chi connectivity index (χ1n) is 6.20. The van der Waals surface area contributed by atoms with Crippen LogP contribution in [0.1, 0.15) is 43.5 Å². The highest BCUT2D eigenvalue weighted by molar-refractivity contribution is 8.13. The molecule has 0 saturated carbocycles. The van der Waals surface area contributed by atoms with Gasteiger partial charge in [-0.1, -0.05) is 43.6 Å². The first kappa shape index (κ1) is 17.5. The molecule has 0 atom stereocenters. The summed E-state index contributed by atoms with van der Waals surface area (Å²) in [6, 6.07) is 2.22. The van der Waals surface area contributed by atoms with Gasteiger partial charge in [0.05, 0.1) is 10.6 Å². The van der Waals surface area contributed by atoms with Crippen LogP contribution >= 0.6 is 35.0 Å². The molecule has 0 unspecified atom stereocenters. The summed E-state index contributed by atoms with van der Waals surface area (Å²) in [5, 5.41) is -0.869. The maximum atomic E-state index is 13.4. The van der Waals surface area contributed by atoms with Gasteiger partial charge in [-0.15, -0.1) is 0 Å². The van der Waals surface area contributed by atoms with Crippen LogP contribution < -0.4 is 0 Å². The van der Waals surface area contributed by atoms with Crippen molar-refractivity contribution in [2.45, 2.75) is 38.0 Å². The maximum Gasteiger partial charge on any atom is 0.255 e. The number of hydrogen-bond donors (Lipinski definition) is 0. The lowest BCUT2D eigenvalue weighted by molar-refractivity contribution is -0.111. The summed E-state index contributed by atoms with van der Waals surface area (Å²) in [5.74, 6) is -0.241. The highest BCUT2D eigenvalue weighted by Gasteiger charge is 2.16. The molecule has 0 amide bonds. The molecule has 110 valence electrons. The van der Waals surface area contributed by atoms with Gasteiger partial charge < -0.3 is 0 Å². The van der Waals surface area contributed by atoms with E-state index in [1.54, 1.807) is 0 Å². The Bertz CT molecular complexity index is 518. The minimum atomic E-state index is -0.909. The molecule has 0 radical (unpaired) electrons. The van der Waals surface area contributed by atoms with Crippen molar-refractivity contribution < 1.29 is 14.0 Å². The summed E-state index contributed by atoms with van der Waals surface area (Å²) in [4.78, 5) is 23.2. The second-order valence-electron chi connectivity index (χ2n) is 4.80. The van der Waals surface area contributed by atoms with Crippen LogP contribution in [-0.2, 0) is 4.79 Å². The zero-order valence-electron chi connectivity index (χ0n) is 11.2. The van der Waals surface area contributed by atoms with E-state index in [9.17, 15) is 14.0 Å². The minimum Gasteiger partial charge on any atom is -0.287 e. The Balaban J connectivity index is 2.74. The fourth-order valence-electron chi connectivity index (χ4n) is 1.59. The lowest BCUT2D eigenvalue weighted by atomic mass is 10.1. The molecule has 0 N–H and O–H groups in total. The molecule has 0 bridgehead atoms. The second-order valence-corrected chi connectivity index (χ2v) is 6.65. The second kappa shape index (κ2) is 8.01. The van der Waals surface area contributed by atoms with Crippen LogP contribution in [0.3, 0.4) is 0 Å². The Labute approximate surface area is 132 Å². The molecular formula is C14H15Cl2FO2S. The first-order chi connectivity index (χ1) is 9.31. The van der Waals surface area contributed by atoms with Crippen molar-refractivity contribution in [2.24, 2.45) is 5.92 Å². The van der Waals surface area contributed by atoms with E-state index in [0.717, 1.165) is 30.7 Å². The highest BCUT2D eigenvalue weighted by atomic mass is 35.5. The van der Waals surface area contributed by atoms with Crippen molar-refractivity contribution in [1.29, 1.82) is 0 Å². The third-order valence-electron chi connectivity index (χ3n) is 2.62. The number of halogens is 3. The lowest BCUT2D eigenvalue weighted by Crippen LogP contribution is -1.98. The van der Waals surface area contributed by atoms with E-state index < -0.39 is 11.1 Å². The Kier molecular flexibility index (Phi) is 7.00. The molecular weight excluding hydrogens is 322 g/mol. The van der Waals surface area contributed by atoms with Gasteiger partial charge in [-0.2, -0.15) is 0 Å². The van der Waals surface area contributed by atoms with E-state index >= 15 is 0 Å². The SMILES string of the molecule is CC(C)CCCC(=O)Sc1cc(C(=O)Cl)c(F)cc1Cl. The van der Waals surface area contributed by atoms with Crippen molar-refractivity contribution >= 4 is 45.3 Å². The molecule has 2 nitrogen and oxygen atoms in total.